The fourth-order valence-electron chi connectivity index (χ4n) is 0.791. The van der Waals surface area contributed by atoms with Gasteiger partial charge in [-0.2, -0.15) is 5.10 Å². The molecule has 0 radical (unpaired) electrons. The number of rotatable bonds is 4. The van der Waals surface area contributed by atoms with E-state index in [2.05, 4.69) is 24.4 Å². The molecule has 0 fully saturated rings. The maximum absolute atomic E-state index is 11.4. The molecule has 1 aromatic rings. The quantitative estimate of drug-likeness (QED) is 0.602. The van der Waals surface area contributed by atoms with Gasteiger partial charge in [0.1, 0.15) is 0 Å². The Morgan fingerprint density at radius 2 is 2.57 bits per heavy atom. The number of nitrogens with zero attached hydrogens (tertiary/aromatic N) is 1. The molecule has 1 rings (SSSR count). The van der Waals surface area contributed by atoms with E-state index in [0.717, 1.165) is 6.42 Å². The van der Waals surface area contributed by atoms with E-state index in [-0.39, 0.29) is 5.91 Å². The second-order valence-electron chi connectivity index (χ2n) is 3.08. The standard InChI is InChI=1S/C10H14N2OS/c1-3-8(2)7-11-12-10(13)9-5-4-6-14-9/h4-8H,3H2,1-2H3,(H,12,13)/b11-7+. The van der Waals surface area contributed by atoms with Gasteiger partial charge in [-0.15, -0.1) is 11.3 Å². The predicted octanol–water partition coefficient (Wildman–Crippen LogP) is 2.51. The molecule has 0 aliphatic carbocycles. The van der Waals surface area contributed by atoms with Gasteiger partial charge >= 0.3 is 0 Å². The van der Waals surface area contributed by atoms with E-state index in [9.17, 15) is 4.79 Å². The summed E-state index contributed by atoms with van der Waals surface area (Å²) in [5, 5.41) is 5.75. The van der Waals surface area contributed by atoms with E-state index >= 15 is 0 Å². The first-order valence-electron chi connectivity index (χ1n) is 4.61. The zero-order valence-electron chi connectivity index (χ0n) is 8.36. The molecule has 4 heteroatoms. The number of hydrogen-bond acceptors (Lipinski definition) is 3. The molecule has 1 aromatic heterocycles. The number of hydrazone groups is 1. The van der Waals surface area contributed by atoms with Crippen molar-refractivity contribution in [2.75, 3.05) is 0 Å². The summed E-state index contributed by atoms with van der Waals surface area (Å²) >= 11 is 1.41. The fourth-order valence-corrected chi connectivity index (χ4v) is 1.40. The van der Waals surface area contributed by atoms with Gasteiger partial charge in [0.2, 0.25) is 0 Å². The Bertz CT molecular complexity index is 306. The maximum atomic E-state index is 11.4. The summed E-state index contributed by atoms with van der Waals surface area (Å²) < 4.78 is 0. The monoisotopic (exact) mass is 210 g/mol. The Kier molecular flexibility index (Phi) is 4.32. The molecule has 0 saturated carbocycles. The molecule has 0 aromatic carbocycles. The van der Waals surface area contributed by atoms with Crippen LogP contribution in [0.1, 0.15) is 29.9 Å². The maximum Gasteiger partial charge on any atom is 0.281 e. The van der Waals surface area contributed by atoms with E-state index in [4.69, 9.17) is 0 Å². The molecular formula is C10H14N2OS. The van der Waals surface area contributed by atoms with Crippen molar-refractivity contribution in [2.24, 2.45) is 11.0 Å². The van der Waals surface area contributed by atoms with Crippen LogP contribution in [0.15, 0.2) is 22.6 Å². The second-order valence-corrected chi connectivity index (χ2v) is 4.03. The first kappa shape index (κ1) is 10.9. The third-order valence-corrected chi connectivity index (χ3v) is 2.75. The lowest BCUT2D eigenvalue weighted by Crippen LogP contribution is -2.16. The molecule has 0 saturated heterocycles. The van der Waals surface area contributed by atoms with Gasteiger partial charge in [-0.05, 0) is 23.8 Å². The molecule has 0 aliphatic heterocycles. The molecule has 1 amide bonds. The van der Waals surface area contributed by atoms with E-state index in [1.807, 2.05) is 11.4 Å². The van der Waals surface area contributed by atoms with E-state index in [1.54, 1.807) is 12.3 Å². The molecule has 3 nitrogen and oxygen atoms in total. The minimum absolute atomic E-state index is 0.139. The highest BCUT2D eigenvalue weighted by molar-refractivity contribution is 7.12. The number of hydrogen-bond donors (Lipinski definition) is 1. The zero-order valence-corrected chi connectivity index (χ0v) is 9.17. The smallest absolute Gasteiger partial charge is 0.266 e. The molecule has 0 bridgehead atoms. The minimum Gasteiger partial charge on any atom is -0.266 e. The third kappa shape index (κ3) is 3.30. The van der Waals surface area contributed by atoms with Gasteiger partial charge in [0, 0.05) is 6.21 Å². The van der Waals surface area contributed by atoms with Crippen LogP contribution in [0.2, 0.25) is 0 Å². The van der Waals surface area contributed by atoms with Gasteiger partial charge in [-0.25, -0.2) is 5.43 Å². The first-order valence-corrected chi connectivity index (χ1v) is 5.49. The number of carbonyl (C=O) groups excluding carboxylic acids is 1. The van der Waals surface area contributed by atoms with Crippen molar-refractivity contribution >= 4 is 23.5 Å². The van der Waals surface area contributed by atoms with Crippen molar-refractivity contribution in [3.05, 3.63) is 22.4 Å². The van der Waals surface area contributed by atoms with Crippen LogP contribution in [0.4, 0.5) is 0 Å². The van der Waals surface area contributed by atoms with Gasteiger partial charge in [-0.3, -0.25) is 4.79 Å². The lowest BCUT2D eigenvalue weighted by molar-refractivity contribution is 0.0959. The van der Waals surface area contributed by atoms with Gasteiger partial charge in [-0.1, -0.05) is 19.9 Å². The van der Waals surface area contributed by atoms with Crippen molar-refractivity contribution in [2.45, 2.75) is 20.3 Å². The molecule has 1 atom stereocenters. The highest BCUT2D eigenvalue weighted by atomic mass is 32.1. The summed E-state index contributed by atoms with van der Waals surface area (Å²) in [5.41, 5.74) is 2.49. The Morgan fingerprint density at radius 1 is 1.79 bits per heavy atom. The van der Waals surface area contributed by atoms with Crippen molar-refractivity contribution in [1.82, 2.24) is 5.43 Å². The van der Waals surface area contributed by atoms with E-state index in [1.165, 1.54) is 11.3 Å². The van der Waals surface area contributed by atoms with Crippen LogP contribution in [-0.4, -0.2) is 12.1 Å². The number of carbonyl (C=O) groups is 1. The van der Waals surface area contributed by atoms with Crippen LogP contribution in [0.5, 0.6) is 0 Å². The molecule has 14 heavy (non-hydrogen) atoms. The lowest BCUT2D eigenvalue weighted by Gasteiger charge is -1.99. The van der Waals surface area contributed by atoms with Crippen molar-refractivity contribution in [3.8, 4) is 0 Å². The van der Waals surface area contributed by atoms with Crippen LogP contribution >= 0.6 is 11.3 Å². The van der Waals surface area contributed by atoms with Crippen LogP contribution in [0.25, 0.3) is 0 Å². The molecule has 1 heterocycles. The van der Waals surface area contributed by atoms with Crippen molar-refractivity contribution in [3.63, 3.8) is 0 Å². The summed E-state index contributed by atoms with van der Waals surface area (Å²) in [7, 11) is 0. The highest BCUT2D eigenvalue weighted by Gasteiger charge is 2.03. The average molecular weight is 210 g/mol. The summed E-state index contributed by atoms with van der Waals surface area (Å²) in [5.74, 6) is 0.262. The van der Waals surface area contributed by atoms with E-state index < -0.39 is 0 Å². The summed E-state index contributed by atoms with van der Waals surface area (Å²) in [4.78, 5) is 12.0. The van der Waals surface area contributed by atoms with Gasteiger partial charge in [0.15, 0.2) is 0 Å². The average Bonchev–Trinajstić information content (AvgIpc) is 2.70. The largest absolute Gasteiger partial charge is 0.281 e. The number of thiophene rings is 1. The zero-order chi connectivity index (χ0) is 10.4. The fraction of sp³-hybridized carbons (Fsp3) is 0.400. The van der Waals surface area contributed by atoms with Crippen LogP contribution in [0, 0.1) is 5.92 Å². The third-order valence-electron chi connectivity index (χ3n) is 1.88. The molecule has 0 spiro atoms. The highest BCUT2D eigenvalue weighted by Crippen LogP contribution is 2.07. The summed E-state index contributed by atoms with van der Waals surface area (Å²) in [6.07, 6.45) is 2.78. The summed E-state index contributed by atoms with van der Waals surface area (Å²) in [6, 6.07) is 3.62. The molecule has 1 N–H and O–H groups in total. The lowest BCUT2D eigenvalue weighted by atomic mass is 10.1. The van der Waals surface area contributed by atoms with Crippen molar-refractivity contribution in [1.29, 1.82) is 0 Å². The Hall–Kier alpha value is -1.16. The summed E-state index contributed by atoms with van der Waals surface area (Å²) in [6.45, 7) is 4.14. The predicted molar refractivity (Wildman–Crippen MR) is 59.7 cm³/mol. The second kappa shape index (κ2) is 5.54. The first-order chi connectivity index (χ1) is 6.74. The van der Waals surface area contributed by atoms with Crippen LogP contribution in [-0.2, 0) is 0 Å². The van der Waals surface area contributed by atoms with Gasteiger partial charge < -0.3 is 0 Å². The minimum atomic E-state index is -0.139. The van der Waals surface area contributed by atoms with Crippen LogP contribution < -0.4 is 5.43 Å². The number of amides is 1. The van der Waals surface area contributed by atoms with Gasteiger partial charge in [0.25, 0.3) is 5.91 Å². The molecule has 76 valence electrons. The Balaban J connectivity index is 2.39. The Labute approximate surface area is 87.8 Å². The van der Waals surface area contributed by atoms with Crippen molar-refractivity contribution < 1.29 is 4.79 Å². The molecular weight excluding hydrogens is 196 g/mol. The number of nitrogens with one attached hydrogen (secondary N) is 1. The molecule has 0 aliphatic rings. The topological polar surface area (TPSA) is 41.5 Å². The SMILES string of the molecule is CCC(C)/C=N/NC(=O)c1cccs1. The normalized spacial score (nSPS) is 13.0. The van der Waals surface area contributed by atoms with E-state index in [0.29, 0.717) is 10.8 Å². The Morgan fingerprint density at radius 3 is 3.14 bits per heavy atom. The van der Waals surface area contributed by atoms with Crippen LogP contribution in [0.3, 0.4) is 0 Å². The molecule has 1 unspecified atom stereocenters. The van der Waals surface area contributed by atoms with Gasteiger partial charge in [0.05, 0.1) is 4.88 Å².